The van der Waals surface area contributed by atoms with Crippen molar-refractivity contribution in [2.75, 3.05) is 25.6 Å². The van der Waals surface area contributed by atoms with E-state index in [0.717, 1.165) is 57.3 Å². The topological polar surface area (TPSA) is 137 Å². The largest absolute Gasteiger partial charge is 0.481 e. The average molecular weight is 646 g/mol. The van der Waals surface area contributed by atoms with E-state index in [1.807, 2.05) is 31.2 Å². The fraction of sp³-hybridized carbons (Fsp3) is 0.353. The highest BCUT2D eigenvalue weighted by Gasteiger charge is 2.33. The van der Waals surface area contributed by atoms with Crippen LogP contribution in [0.1, 0.15) is 45.9 Å². The molecule has 1 aliphatic heterocycles. The number of aryl methyl sites for hydroxylation is 2. The maximum atomic E-state index is 13.1. The molecule has 3 N–H and O–H groups in total. The van der Waals surface area contributed by atoms with Crippen molar-refractivity contribution in [2.45, 2.75) is 44.4 Å². The molecule has 3 unspecified atom stereocenters. The molecule has 11 nitrogen and oxygen atoms in total. The van der Waals surface area contributed by atoms with E-state index >= 15 is 0 Å². The number of anilines is 1. The van der Waals surface area contributed by atoms with E-state index in [4.69, 9.17) is 26.1 Å². The molecule has 0 bridgehead atoms. The van der Waals surface area contributed by atoms with Gasteiger partial charge >= 0.3 is 5.69 Å². The molecular formula is C34H36ClN5O6. The number of carbonyl (C=O) groups is 1. The van der Waals surface area contributed by atoms with Gasteiger partial charge in [0, 0.05) is 55.7 Å². The van der Waals surface area contributed by atoms with E-state index in [1.54, 1.807) is 19.2 Å². The summed E-state index contributed by atoms with van der Waals surface area (Å²) in [7, 11) is 4.42. The van der Waals surface area contributed by atoms with Gasteiger partial charge in [0.05, 0.1) is 36.2 Å². The van der Waals surface area contributed by atoms with Crippen molar-refractivity contribution in [2.24, 2.45) is 14.1 Å². The van der Waals surface area contributed by atoms with Crippen LogP contribution >= 0.6 is 11.6 Å². The van der Waals surface area contributed by atoms with Crippen LogP contribution < -0.4 is 26.6 Å². The Morgan fingerprint density at radius 1 is 1.11 bits per heavy atom. The predicted octanol–water partition coefficient (Wildman–Crippen LogP) is 3.76. The van der Waals surface area contributed by atoms with E-state index in [1.165, 1.54) is 24.9 Å². The van der Waals surface area contributed by atoms with Crippen LogP contribution in [0.5, 0.6) is 5.88 Å². The van der Waals surface area contributed by atoms with Crippen molar-refractivity contribution < 1.29 is 19.4 Å². The van der Waals surface area contributed by atoms with Crippen LogP contribution in [0.3, 0.4) is 0 Å². The number of nitrogens with one attached hydrogen (secondary N) is 2. The highest BCUT2D eigenvalue weighted by molar-refractivity contribution is 6.36. The molecular weight excluding hydrogens is 610 g/mol. The number of ether oxygens (including phenoxy) is 2. The molecule has 0 saturated carbocycles. The third-order valence-corrected chi connectivity index (χ3v) is 9.34. The molecule has 240 valence electrons. The summed E-state index contributed by atoms with van der Waals surface area (Å²) in [6, 6.07) is 13.3. The smallest absolute Gasteiger partial charge is 0.330 e. The minimum atomic E-state index is -0.697. The summed E-state index contributed by atoms with van der Waals surface area (Å²) in [4.78, 5) is 42.8. The zero-order valence-electron chi connectivity index (χ0n) is 26.1. The van der Waals surface area contributed by atoms with Gasteiger partial charge in [0.2, 0.25) is 5.88 Å². The Kier molecular flexibility index (Phi) is 8.84. The third kappa shape index (κ3) is 5.75. The Hall–Kier alpha value is -4.29. The van der Waals surface area contributed by atoms with E-state index in [0.29, 0.717) is 35.4 Å². The first-order valence-corrected chi connectivity index (χ1v) is 15.5. The minimum absolute atomic E-state index is 0.0226. The quantitative estimate of drug-likeness (QED) is 0.276. The number of methoxy groups -OCH3 is 1. The highest BCUT2D eigenvalue weighted by Crippen LogP contribution is 2.42. The zero-order valence-corrected chi connectivity index (χ0v) is 26.9. The second-order valence-corrected chi connectivity index (χ2v) is 12.2. The van der Waals surface area contributed by atoms with Gasteiger partial charge < -0.3 is 29.8 Å². The molecule has 2 aliphatic rings. The van der Waals surface area contributed by atoms with Crippen LogP contribution in [-0.2, 0) is 25.3 Å². The summed E-state index contributed by atoms with van der Waals surface area (Å²) in [5.74, 6) is -0.115. The lowest BCUT2D eigenvalue weighted by Gasteiger charge is -2.31. The second kappa shape index (κ2) is 12.8. The number of aromatic nitrogens is 3. The summed E-state index contributed by atoms with van der Waals surface area (Å²) in [5, 5.41) is 17.1. The molecule has 1 fully saturated rings. The number of pyridine rings is 1. The van der Waals surface area contributed by atoms with Crippen molar-refractivity contribution in [1.29, 1.82) is 0 Å². The van der Waals surface area contributed by atoms with Crippen LogP contribution in [0, 0.1) is 6.92 Å². The molecule has 3 atom stereocenters. The van der Waals surface area contributed by atoms with E-state index in [2.05, 4.69) is 16.7 Å². The third-order valence-electron chi connectivity index (χ3n) is 8.93. The van der Waals surface area contributed by atoms with Gasteiger partial charge in [-0.25, -0.2) is 9.78 Å². The van der Waals surface area contributed by atoms with Gasteiger partial charge in [-0.1, -0.05) is 41.9 Å². The van der Waals surface area contributed by atoms with Crippen LogP contribution in [0.25, 0.3) is 22.4 Å². The molecule has 1 aliphatic carbocycles. The predicted molar refractivity (Wildman–Crippen MR) is 176 cm³/mol. The fourth-order valence-electron chi connectivity index (χ4n) is 6.44. The van der Waals surface area contributed by atoms with Crippen molar-refractivity contribution in [3.05, 3.63) is 96.8 Å². The van der Waals surface area contributed by atoms with Crippen molar-refractivity contribution in [1.82, 2.24) is 19.4 Å². The number of halogens is 1. The molecule has 0 radical (unpaired) electrons. The lowest BCUT2D eigenvalue weighted by atomic mass is 9.93. The lowest BCUT2D eigenvalue weighted by Crippen LogP contribution is -2.47. The number of aliphatic hydroxyl groups excluding tert-OH is 1. The first-order chi connectivity index (χ1) is 22.1. The first-order valence-electron chi connectivity index (χ1n) is 15.2. The number of carbonyl (C=O) groups excluding carboxylic acids is 1. The molecule has 1 amide bonds. The number of hydrogen-bond donors (Lipinski definition) is 3. The van der Waals surface area contributed by atoms with Crippen molar-refractivity contribution in [3.63, 3.8) is 0 Å². The number of nitrogens with zero attached hydrogens (tertiary/aromatic N) is 3. The maximum absolute atomic E-state index is 13.1. The Balaban J connectivity index is 1.31. The number of hydrogen-bond acceptors (Lipinski definition) is 8. The number of benzene rings is 2. The van der Waals surface area contributed by atoms with E-state index in [-0.39, 0.29) is 17.6 Å². The maximum Gasteiger partial charge on any atom is 0.330 e. The van der Waals surface area contributed by atoms with Gasteiger partial charge in [-0.2, -0.15) is 0 Å². The molecule has 46 heavy (non-hydrogen) atoms. The van der Waals surface area contributed by atoms with Crippen LogP contribution in [-0.4, -0.2) is 57.6 Å². The van der Waals surface area contributed by atoms with Gasteiger partial charge in [-0.3, -0.25) is 14.2 Å². The van der Waals surface area contributed by atoms with Gasteiger partial charge in [-0.15, -0.1) is 0 Å². The van der Waals surface area contributed by atoms with Gasteiger partial charge in [0.1, 0.15) is 5.56 Å². The second-order valence-electron chi connectivity index (χ2n) is 11.8. The molecule has 4 aromatic rings. The zero-order chi connectivity index (χ0) is 32.7. The summed E-state index contributed by atoms with van der Waals surface area (Å²) in [6.07, 6.45) is 3.13. The summed E-state index contributed by atoms with van der Waals surface area (Å²) >= 11 is 6.88. The summed E-state index contributed by atoms with van der Waals surface area (Å²) in [5.41, 5.74) is 5.27. The van der Waals surface area contributed by atoms with Gasteiger partial charge in [-0.05, 0) is 55.0 Å². The van der Waals surface area contributed by atoms with Gasteiger partial charge in [0.25, 0.3) is 11.5 Å². The molecule has 1 saturated heterocycles. The SMILES string of the molecule is COc1nc(-c2cccc(-c3cccc(NC(=O)c4cn(C)c(=O)n(C)c4=O)c3Cl)c2C)cc2c1C(NC1CCOCC1O)CC2. The van der Waals surface area contributed by atoms with Gasteiger partial charge in [0.15, 0.2) is 0 Å². The monoisotopic (exact) mass is 645 g/mol. The summed E-state index contributed by atoms with van der Waals surface area (Å²) < 4.78 is 13.3. The Bertz CT molecular complexity index is 1950. The Labute approximate surface area is 270 Å². The minimum Gasteiger partial charge on any atom is -0.481 e. The molecule has 6 rings (SSSR count). The van der Waals surface area contributed by atoms with Crippen molar-refractivity contribution in [3.8, 4) is 28.3 Å². The molecule has 2 aromatic heterocycles. The molecule has 3 heterocycles. The normalized spacial score (nSPS) is 19.1. The Morgan fingerprint density at radius 3 is 2.61 bits per heavy atom. The highest BCUT2D eigenvalue weighted by atomic mass is 35.5. The van der Waals surface area contributed by atoms with E-state index < -0.39 is 23.3 Å². The van der Waals surface area contributed by atoms with Crippen LogP contribution in [0.2, 0.25) is 5.02 Å². The van der Waals surface area contributed by atoms with Crippen molar-refractivity contribution >= 4 is 23.2 Å². The first kappa shape index (κ1) is 31.7. The number of aliphatic hydroxyl groups is 1. The molecule has 2 aromatic carbocycles. The van der Waals surface area contributed by atoms with Crippen LogP contribution in [0.4, 0.5) is 5.69 Å². The van der Waals surface area contributed by atoms with Crippen LogP contribution in [0.15, 0.2) is 58.3 Å². The summed E-state index contributed by atoms with van der Waals surface area (Å²) in [6.45, 7) is 2.95. The molecule has 12 heteroatoms. The number of amides is 1. The lowest BCUT2D eigenvalue weighted by molar-refractivity contribution is -0.0304. The average Bonchev–Trinajstić information content (AvgIpc) is 3.46. The standard InChI is InChI=1S/C34H36ClN5O6/c1-18-20(22-9-6-10-26(30(22)35)37-31(42)23-16-39(2)34(44)40(3)33(23)43)7-5-8-21(18)27-15-19-11-12-25(29(19)32(38-27)45-4)36-24-13-14-46-17-28(24)41/h5-10,15-16,24-25,28,36,41H,11-14,17H2,1-4H3,(H,37,42). The number of rotatable bonds is 7. The Morgan fingerprint density at radius 2 is 1.85 bits per heavy atom. The molecule has 0 spiro atoms. The fourth-order valence-corrected chi connectivity index (χ4v) is 6.71. The number of fused-ring (bicyclic) bond motifs is 1. The van der Waals surface area contributed by atoms with E-state index in [9.17, 15) is 19.5 Å².